The van der Waals surface area contributed by atoms with Crippen LogP contribution in [-0.2, 0) is 4.79 Å². The summed E-state index contributed by atoms with van der Waals surface area (Å²) in [5.74, 6) is -0.229. The first-order valence-corrected chi connectivity index (χ1v) is 2.78. The zero-order valence-corrected chi connectivity index (χ0v) is 5.75. The number of esters is 1. The number of nitrogens with zero attached hydrogens (tertiary/aromatic N) is 1. The molecule has 0 saturated carbocycles. The highest BCUT2D eigenvalue weighted by Crippen LogP contribution is 2.14. The van der Waals surface area contributed by atoms with Crippen molar-refractivity contribution in [2.75, 3.05) is 0 Å². The fraction of sp³-hybridized carbons (Fsp3) is 0.333. The van der Waals surface area contributed by atoms with Crippen LogP contribution in [0.15, 0.2) is 10.8 Å². The average molecular weight is 141 g/mol. The molecule has 0 N–H and O–H groups in total. The van der Waals surface area contributed by atoms with Gasteiger partial charge in [0.2, 0.25) is 0 Å². The molecule has 1 aromatic rings. The number of rotatable bonds is 1. The third-order valence-corrected chi connectivity index (χ3v) is 0.938. The number of aromatic nitrogens is 1. The van der Waals surface area contributed by atoms with Crippen LogP contribution in [0.1, 0.15) is 12.6 Å². The van der Waals surface area contributed by atoms with E-state index in [2.05, 4.69) is 9.72 Å². The Kier molecular flexibility index (Phi) is 1.71. The van der Waals surface area contributed by atoms with E-state index in [1.54, 1.807) is 6.92 Å². The number of hydrogen-bond donors (Lipinski definition) is 0. The van der Waals surface area contributed by atoms with E-state index in [0.717, 1.165) is 0 Å². The first kappa shape index (κ1) is 6.80. The first-order chi connectivity index (χ1) is 4.70. The second-order valence-electron chi connectivity index (χ2n) is 1.82. The van der Waals surface area contributed by atoms with Gasteiger partial charge >= 0.3 is 11.9 Å². The number of oxazole rings is 1. The Labute approximate surface area is 57.8 Å². The van der Waals surface area contributed by atoms with E-state index in [0.29, 0.717) is 5.69 Å². The van der Waals surface area contributed by atoms with Crippen molar-refractivity contribution >= 4 is 5.97 Å². The molecule has 0 amide bonds. The Bertz CT molecular complexity index is 241. The standard InChI is InChI=1S/C6H7NO3/c1-4-6(9-3-7-4)10-5(2)8/h3H,1-2H3. The fourth-order valence-corrected chi connectivity index (χ4v) is 0.520. The van der Waals surface area contributed by atoms with Gasteiger partial charge in [-0.3, -0.25) is 4.79 Å². The molecule has 0 aliphatic carbocycles. The molecule has 1 aromatic heterocycles. The third-order valence-electron chi connectivity index (χ3n) is 0.938. The van der Waals surface area contributed by atoms with E-state index < -0.39 is 5.97 Å². The molecular weight excluding hydrogens is 134 g/mol. The topological polar surface area (TPSA) is 52.3 Å². The maximum atomic E-state index is 10.4. The summed E-state index contributed by atoms with van der Waals surface area (Å²) in [6.07, 6.45) is 1.23. The van der Waals surface area contributed by atoms with E-state index in [-0.39, 0.29) is 5.95 Å². The lowest BCUT2D eigenvalue weighted by atomic mass is 10.5. The number of carbonyl (C=O) groups is 1. The summed E-state index contributed by atoms with van der Waals surface area (Å²) in [4.78, 5) is 14.1. The van der Waals surface area contributed by atoms with Gasteiger partial charge in [0, 0.05) is 6.92 Å². The van der Waals surface area contributed by atoms with Crippen molar-refractivity contribution in [3.05, 3.63) is 12.1 Å². The van der Waals surface area contributed by atoms with Crippen molar-refractivity contribution in [2.24, 2.45) is 0 Å². The van der Waals surface area contributed by atoms with Gasteiger partial charge in [0.05, 0.1) is 0 Å². The van der Waals surface area contributed by atoms with Crippen LogP contribution < -0.4 is 4.74 Å². The normalized spacial score (nSPS) is 9.40. The lowest BCUT2D eigenvalue weighted by Crippen LogP contribution is -2.01. The van der Waals surface area contributed by atoms with Crippen LogP contribution >= 0.6 is 0 Å². The summed E-state index contributed by atoms with van der Waals surface area (Å²) in [6, 6.07) is 0. The molecule has 0 aliphatic heterocycles. The van der Waals surface area contributed by atoms with Gasteiger partial charge in [-0.2, -0.15) is 0 Å². The van der Waals surface area contributed by atoms with Crippen LogP contribution in [0.5, 0.6) is 5.95 Å². The molecule has 0 fully saturated rings. The molecule has 4 heteroatoms. The van der Waals surface area contributed by atoms with Crippen molar-refractivity contribution in [2.45, 2.75) is 13.8 Å². The minimum Gasteiger partial charge on any atom is -0.413 e. The molecule has 0 aromatic carbocycles. The van der Waals surface area contributed by atoms with Crippen LogP contribution in [0.3, 0.4) is 0 Å². The summed E-state index contributed by atoms with van der Waals surface area (Å²) in [5, 5.41) is 0. The predicted molar refractivity (Wildman–Crippen MR) is 32.5 cm³/mol. The molecular formula is C6H7NO3. The van der Waals surface area contributed by atoms with Crippen molar-refractivity contribution in [1.82, 2.24) is 4.98 Å². The Balaban J connectivity index is 2.74. The van der Waals surface area contributed by atoms with Gasteiger partial charge in [0.15, 0.2) is 6.39 Å². The highest BCUT2D eigenvalue weighted by Gasteiger charge is 2.05. The van der Waals surface area contributed by atoms with Gasteiger partial charge in [-0.15, -0.1) is 0 Å². The van der Waals surface area contributed by atoms with E-state index in [1.165, 1.54) is 13.3 Å². The smallest absolute Gasteiger partial charge is 0.315 e. The molecule has 1 heterocycles. The van der Waals surface area contributed by atoms with E-state index in [4.69, 9.17) is 4.42 Å². The maximum absolute atomic E-state index is 10.4. The van der Waals surface area contributed by atoms with Crippen molar-refractivity contribution in [3.63, 3.8) is 0 Å². The summed E-state index contributed by atoms with van der Waals surface area (Å²) >= 11 is 0. The quantitative estimate of drug-likeness (QED) is 0.545. The number of ether oxygens (including phenoxy) is 1. The van der Waals surface area contributed by atoms with Gasteiger partial charge < -0.3 is 9.15 Å². The second kappa shape index (κ2) is 2.51. The van der Waals surface area contributed by atoms with Crippen LogP contribution in [0, 0.1) is 6.92 Å². The minimum absolute atomic E-state index is 0.174. The molecule has 10 heavy (non-hydrogen) atoms. The van der Waals surface area contributed by atoms with Gasteiger partial charge in [0.1, 0.15) is 5.69 Å². The zero-order valence-electron chi connectivity index (χ0n) is 5.75. The van der Waals surface area contributed by atoms with Gasteiger partial charge in [0.25, 0.3) is 0 Å². The molecule has 0 saturated heterocycles. The second-order valence-corrected chi connectivity index (χ2v) is 1.82. The lowest BCUT2D eigenvalue weighted by Gasteiger charge is -1.93. The molecule has 0 aliphatic rings. The van der Waals surface area contributed by atoms with Crippen LogP contribution in [-0.4, -0.2) is 11.0 Å². The molecule has 0 spiro atoms. The Hall–Kier alpha value is -1.32. The molecule has 1 rings (SSSR count). The van der Waals surface area contributed by atoms with Crippen LogP contribution in [0.4, 0.5) is 0 Å². The lowest BCUT2D eigenvalue weighted by molar-refractivity contribution is -0.133. The third kappa shape index (κ3) is 1.34. The van der Waals surface area contributed by atoms with E-state index in [9.17, 15) is 4.79 Å². The summed E-state index contributed by atoms with van der Waals surface area (Å²) in [6.45, 7) is 3.00. The van der Waals surface area contributed by atoms with E-state index in [1.807, 2.05) is 0 Å². The molecule has 0 bridgehead atoms. The predicted octanol–water partition coefficient (Wildman–Crippen LogP) is 0.908. The zero-order chi connectivity index (χ0) is 7.56. The molecule has 0 radical (unpaired) electrons. The number of carbonyl (C=O) groups excluding carboxylic acids is 1. The van der Waals surface area contributed by atoms with E-state index >= 15 is 0 Å². The number of hydrogen-bond acceptors (Lipinski definition) is 4. The molecule has 4 nitrogen and oxygen atoms in total. The SMILES string of the molecule is CC(=O)Oc1ocnc1C. The van der Waals surface area contributed by atoms with Gasteiger partial charge in [-0.05, 0) is 6.92 Å². The highest BCUT2D eigenvalue weighted by atomic mass is 16.6. The Morgan fingerprint density at radius 1 is 1.80 bits per heavy atom. The first-order valence-electron chi connectivity index (χ1n) is 2.78. The van der Waals surface area contributed by atoms with Gasteiger partial charge in [-0.1, -0.05) is 0 Å². The minimum atomic E-state index is -0.403. The van der Waals surface area contributed by atoms with Gasteiger partial charge in [-0.25, -0.2) is 4.98 Å². The molecule has 0 atom stereocenters. The largest absolute Gasteiger partial charge is 0.413 e. The summed E-state index contributed by atoms with van der Waals surface area (Å²) in [7, 11) is 0. The van der Waals surface area contributed by atoms with Crippen molar-refractivity contribution < 1.29 is 13.9 Å². The van der Waals surface area contributed by atoms with Crippen LogP contribution in [0.2, 0.25) is 0 Å². The Morgan fingerprint density at radius 2 is 2.50 bits per heavy atom. The maximum Gasteiger partial charge on any atom is 0.315 e. The van der Waals surface area contributed by atoms with Crippen molar-refractivity contribution in [3.8, 4) is 5.95 Å². The monoisotopic (exact) mass is 141 g/mol. The average Bonchev–Trinajstić information content (AvgIpc) is 2.15. The molecule has 0 unspecified atom stereocenters. The highest BCUT2D eigenvalue weighted by molar-refractivity contribution is 5.68. The summed E-state index contributed by atoms with van der Waals surface area (Å²) < 4.78 is 9.34. The molecule has 54 valence electrons. The number of aryl methyl sites for hydroxylation is 1. The fourth-order valence-electron chi connectivity index (χ4n) is 0.520. The van der Waals surface area contributed by atoms with Crippen molar-refractivity contribution in [1.29, 1.82) is 0 Å². The summed E-state index contributed by atoms with van der Waals surface area (Å²) in [5.41, 5.74) is 0.579. The van der Waals surface area contributed by atoms with Crippen LogP contribution in [0.25, 0.3) is 0 Å². The Morgan fingerprint density at radius 3 is 2.90 bits per heavy atom.